The molecule has 12 heavy (non-hydrogen) atoms. The van der Waals surface area contributed by atoms with E-state index in [2.05, 4.69) is 14.5 Å². The molecule has 2 N–H and O–H groups in total. The van der Waals surface area contributed by atoms with E-state index in [0.717, 1.165) is 0 Å². The number of hydrogen-bond acceptors (Lipinski definition) is 3. The van der Waals surface area contributed by atoms with Crippen LogP contribution in [0.15, 0.2) is 6.20 Å². The van der Waals surface area contributed by atoms with E-state index >= 15 is 0 Å². The van der Waals surface area contributed by atoms with Crippen LogP contribution in [0.1, 0.15) is 10.4 Å². The van der Waals surface area contributed by atoms with Gasteiger partial charge in [-0.05, 0) is 0 Å². The van der Waals surface area contributed by atoms with Crippen molar-refractivity contribution >= 4 is 22.9 Å². The molecule has 0 fully saturated rings. The molecule has 1 aromatic rings. The van der Waals surface area contributed by atoms with E-state index in [4.69, 9.17) is 0 Å². The van der Waals surface area contributed by atoms with Crippen molar-refractivity contribution in [1.82, 2.24) is 14.5 Å². The lowest BCUT2D eigenvalue weighted by Gasteiger charge is -2.13. The highest BCUT2D eigenvalue weighted by Crippen LogP contribution is 2.17. The number of fused-ring (bicyclic) bond motifs is 1. The molecular weight excluding hydrogens is 180 g/mol. The Morgan fingerprint density at radius 1 is 1.58 bits per heavy atom. The van der Waals surface area contributed by atoms with Crippen LogP contribution in [-0.2, 0) is 18.2 Å². The van der Waals surface area contributed by atoms with Crippen LogP contribution in [0.4, 0.5) is 5.82 Å². The van der Waals surface area contributed by atoms with Gasteiger partial charge in [0, 0.05) is 7.05 Å². The van der Waals surface area contributed by atoms with Crippen molar-refractivity contribution < 1.29 is 9.00 Å². The van der Waals surface area contributed by atoms with Gasteiger partial charge < -0.3 is 0 Å². The summed E-state index contributed by atoms with van der Waals surface area (Å²) in [5.74, 6) is 0.118. The molecular formula is C5H6N4O2S. The van der Waals surface area contributed by atoms with Crippen molar-refractivity contribution in [2.24, 2.45) is 7.05 Å². The maximum absolute atomic E-state index is 11.1. The Labute approximate surface area is 70.7 Å². The van der Waals surface area contributed by atoms with E-state index in [1.807, 2.05) is 0 Å². The van der Waals surface area contributed by atoms with Gasteiger partial charge in [0.25, 0.3) is 5.91 Å². The first-order valence-corrected chi connectivity index (χ1v) is 4.35. The number of rotatable bonds is 0. The van der Waals surface area contributed by atoms with E-state index in [1.54, 1.807) is 7.05 Å². The first kappa shape index (κ1) is 7.29. The minimum atomic E-state index is -1.53. The standard InChI is InChI=1S/C5H6N4O2S/c1-9-4-3(2-6-9)5(10)8-12(11)7-4/h2,7H,1H3,(H,8,10)/t12-/m1/s1. The Hall–Kier alpha value is -1.37. The van der Waals surface area contributed by atoms with Crippen molar-refractivity contribution in [3.05, 3.63) is 11.8 Å². The van der Waals surface area contributed by atoms with Gasteiger partial charge in [-0.3, -0.25) is 18.9 Å². The fourth-order valence-corrected chi connectivity index (χ4v) is 1.72. The largest absolute Gasteiger partial charge is 0.271 e. The SMILES string of the molecule is Cn1ncc2c1N[S@@](=O)NC2=O. The van der Waals surface area contributed by atoms with Crippen LogP contribution in [0, 0.1) is 0 Å². The van der Waals surface area contributed by atoms with Gasteiger partial charge in [0.1, 0.15) is 11.4 Å². The summed E-state index contributed by atoms with van der Waals surface area (Å²) in [5, 5.41) is 3.84. The maximum Gasteiger partial charge on any atom is 0.269 e. The molecule has 0 saturated heterocycles. The third-order valence-electron chi connectivity index (χ3n) is 1.56. The Morgan fingerprint density at radius 2 is 2.33 bits per heavy atom. The molecule has 1 aromatic heterocycles. The highest BCUT2D eigenvalue weighted by atomic mass is 32.2. The Balaban J connectivity index is 2.57. The minimum absolute atomic E-state index is 0.366. The molecule has 0 saturated carbocycles. The molecule has 2 rings (SSSR count). The molecule has 7 heteroatoms. The summed E-state index contributed by atoms with van der Waals surface area (Å²) in [6, 6.07) is 0. The van der Waals surface area contributed by atoms with Crippen molar-refractivity contribution in [3.63, 3.8) is 0 Å². The third-order valence-corrected chi connectivity index (χ3v) is 2.31. The first-order valence-electron chi connectivity index (χ1n) is 3.20. The Bertz CT molecular complexity index is 372. The molecule has 1 aliphatic heterocycles. The molecule has 0 aromatic carbocycles. The molecule has 1 aliphatic rings. The highest BCUT2D eigenvalue weighted by molar-refractivity contribution is 7.85. The fraction of sp³-hybridized carbons (Fsp3) is 0.200. The topological polar surface area (TPSA) is 76.0 Å². The lowest BCUT2D eigenvalue weighted by atomic mass is 10.3. The van der Waals surface area contributed by atoms with Gasteiger partial charge in [-0.25, -0.2) is 4.21 Å². The van der Waals surface area contributed by atoms with Gasteiger partial charge >= 0.3 is 0 Å². The minimum Gasteiger partial charge on any atom is -0.271 e. The molecule has 2 heterocycles. The zero-order valence-electron chi connectivity index (χ0n) is 6.20. The molecule has 0 unspecified atom stereocenters. The monoisotopic (exact) mass is 186 g/mol. The number of nitrogens with one attached hydrogen (secondary N) is 2. The summed E-state index contributed by atoms with van der Waals surface area (Å²) in [7, 11) is 1.67. The number of aryl methyl sites for hydroxylation is 1. The van der Waals surface area contributed by atoms with Gasteiger partial charge in [-0.15, -0.1) is 0 Å². The second-order valence-electron chi connectivity index (χ2n) is 2.33. The number of nitrogens with zero attached hydrogens (tertiary/aromatic N) is 2. The summed E-state index contributed by atoms with van der Waals surface area (Å²) in [4.78, 5) is 11.1. The van der Waals surface area contributed by atoms with E-state index in [0.29, 0.717) is 11.4 Å². The van der Waals surface area contributed by atoms with Crippen LogP contribution in [0.25, 0.3) is 0 Å². The molecule has 6 nitrogen and oxygen atoms in total. The summed E-state index contributed by atoms with van der Waals surface area (Å²) < 4.78 is 17.2. The lowest BCUT2D eigenvalue weighted by molar-refractivity contribution is 0.0982. The van der Waals surface area contributed by atoms with Crippen molar-refractivity contribution in [2.45, 2.75) is 0 Å². The number of amides is 1. The predicted molar refractivity (Wildman–Crippen MR) is 42.4 cm³/mol. The predicted octanol–water partition coefficient (Wildman–Crippen LogP) is -0.846. The van der Waals surface area contributed by atoms with Crippen LogP contribution in [0.2, 0.25) is 0 Å². The summed E-state index contributed by atoms with van der Waals surface area (Å²) >= 11 is -1.53. The second-order valence-corrected chi connectivity index (χ2v) is 3.28. The smallest absolute Gasteiger partial charge is 0.269 e. The summed E-state index contributed by atoms with van der Waals surface area (Å²) in [6.07, 6.45) is 1.42. The van der Waals surface area contributed by atoms with Crippen molar-refractivity contribution in [1.29, 1.82) is 0 Å². The van der Waals surface area contributed by atoms with Crippen LogP contribution in [0.3, 0.4) is 0 Å². The Morgan fingerprint density at radius 3 is 3.08 bits per heavy atom. The fourth-order valence-electron chi connectivity index (χ4n) is 0.977. The van der Waals surface area contributed by atoms with Crippen LogP contribution >= 0.6 is 0 Å². The third kappa shape index (κ3) is 0.900. The van der Waals surface area contributed by atoms with E-state index in [9.17, 15) is 9.00 Å². The molecule has 1 atom stereocenters. The van der Waals surface area contributed by atoms with Gasteiger partial charge in [-0.2, -0.15) is 5.10 Å². The van der Waals surface area contributed by atoms with Crippen LogP contribution in [0.5, 0.6) is 0 Å². The average Bonchev–Trinajstić information content (AvgIpc) is 2.33. The summed E-state index contributed by atoms with van der Waals surface area (Å²) in [5.41, 5.74) is 0.414. The second kappa shape index (κ2) is 2.31. The quantitative estimate of drug-likeness (QED) is 0.554. The zero-order chi connectivity index (χ0) is 8.72. The molecule has 0 radical (unpaired) electrons. The molecule has 1 amide bonds. The zero-order valence-corrected chi connectivity index (χ0v) is 7.01. The molecule has 0 spiro atoms. The van der Waals surface area contributed by atoms with Gasteiger partial charge in [-0.1, -0.05) is 0 Å². The number of aromatic nitrogens is 2. The van der Waals surface area contributed by atoms with Gasteiger partial charge in [0.05, 0.1) is 6.20 Å². The molecule has 0 bridgehead atoms. The van der Waals surface area contributed by atoms with Gasteiger partial charge in [0.2, 0.25) is 11.2 Å². The number of anilines is 1. The van der Waals surface area contributed by atoms with E-state index < -0.39 is 11.2 Å². The highest BCUT2D eigenvalue weighted by Gasteiger charge is 2.23. The number of carbonyl (C=O) groups is 1. The molecule has 0 aliphatic carbocycles. The lowest BCUT2D eigenvalue weighted by Crippen LogP contribution is -2.35. The summed E-state index contributed by atoms with van der Waals surface area (Å²) in [6.45, 7) is 0. The van der Waals surface area contributed by atoms with Gasteiger partial charge in [0.15, 0.2) is 0 Å². The average molecular weight is 186 g/mol. The normalized spacial score (nSPS) is 21.1. The Kier molecular flexibility index (Phi) is 1.40. The number of carbonyl (C=O) groups excluding carboxylic acids is 1. The molecule has 64 valence electrons. The number of hydrogen-bond donors (Lipinski definition) is 2. The first-order chi connectivity index (χ1) is 5.68. The van der Waals surface area contributed by atoms with Crippen molar-refractivity contribution in [2.75, 3.05) is 4.72 Å². The maximum atomic E-state index is 11.1. The van der Waals surface area contributed by atoms with Crippen LogP contribution < -0.4 is 9.44 Å². The van der Waals surface area contributed by atoms with E-state index in [1.165, 1.54) is 10.9 Å². The van der Waals surface area contributed by atoms with Crippen molar-refractivity contribution in [3.8, 4) is 0 Å². The van der Waals surface area contributed by atoms with Crippen LogP contribution in [-0.4, -0.2) is 19.9 Å². The van der Waals surface area contributed by atoms with E-state index in [-0.39, 0.29) is 5.91 Å².